The van der Waals surface area contributed by atoms with Gasteiger partial charge in [0.2, 0.25) is 0 Å². The lowest BCUT2D eigenvalue weighted by molar-refractivity contribution is 0.241. The molecule has 4 nitrogen and oxygen atoms in total. The van der Waals surface area contributed by atoms with Gasteiger partial charge in [-0.3, -0.25) is 0 Å². The molecular formula is C14H20N2O2S2. The molecular weight excluding hydrogens is 292 g/mol. The fourth-order valence-electron chi connectivity index (χ4n) is 2.38. The van der Waals surface area contributed by atoms with Crippen molar-refractivity contribution in [3.8, 4) is 0 Å². The van der Waals surface area contributed by atoms with Crippen LogP contribution >= 0.6 is 12.2 Å². The Hall–Kier alpha value is -0.980. The minimum Gasteiger partial charge on any atom is -0.389 e. The molecule has 0 amide bonds. The van der Waals surface area contributed by atoms with Gasteiger partial charge in [-0.2, -0.15) is 0 Å². The Labute approximate surface area is 125 Å². The number of nitrogens with zero attached hydrogens (tertiary/aromatic N) is 1. The normalized spacial score (nSPS) is 17.0. The van der Waals surface area contributed by atoms with E-state index in [-0.39, 0.29) is 10.7 Å². The standard InChI is InChI=1S/C14H20N2O2S2/c15-14(19)12-4-6-13(7-5-12)20(17,18)11-10-16-8-2-1-3-9-16/h4-7H,1-3,8-11H2,(H2,15,19). The first-order chi connectivity index (χ1) is 9.49. The molecule has 1 saturated heterocycles. The van der Waals surface area contributed by atoms with E-state index < -0.39 is 9.84 Å². The van der Waals surface area contributed by atoms with Gasteiger partial charge in [0.05, 0.1) is 10.6 Å². The highest BCUT2D eigenvalue weighted by Crippen LogP contribution is 2.14. The van der Waals surface area contributed by atoms with Gasteiger partial charge in [0.15, 0.2) is 9.84 Å². The summed E-state index contributed by atoms with van der Waals surface area (Å²) in [5.74, 6) is 0.166. The maximum absolute atomic E-state index is 12.3. The zero-order chi connectivity index (χ0) is 14.6. The molecule has 1 aromatic rings. The molecule has 20 heavy (non-hydrogen) atoms. The van der Waals surface area contributed by atoms with Crippen molar-refractivity contribution in [3.63, 3.8) is 0 Å². The van der Waals surface area contributed by atoms with Crippen molar-refractivity contribution in [2.24, 2.45) is 5.73 Å². The molecule has 0 unspecified atom stereocenters. The number of likely N-dealkylation sites (tertiary alicyclic amines) is 1. The van der Waals surface area contributed by atoms with Crippen LogP contribution in [0.15, 0.2) is 29.2 Å². The monoisotopic (exact) mass is 312 g/mol. The summed E-state index contributed by atoms with van der Waals surface area (Å²) in [6.45, 7) is 2.63. The second-order valence-corrected chi connectivity index (χ2v) is 7.66. The van der Waals surface area contributed by atoms with Crippen molar-refractivity contribution < 1.29 is 8.42 Å². The van der Waals surface area contributed by atoms with Crippen LogP contribution in [-0.2, 0) is 9.84 Å². The first kappa shape index (κ1) is 15.4. The van der Waals surface area contributed by atoms with Gasteiger partial charge < -0.3 is 10.6 Å². The molecule has 0 bridgehead atoms. The van der Waals surface area contributed by atoms with Crippen LogP contribution < -0.4 is 5.73 Å². The van der Waals surface area contributed by atoms with Crippen molar-refractivity contribution in [3.05, 3.63) is 29.8 Å². The third-order valence-corrected chi connectivity index (χ3v) is 5.57. The number of sulfone groups is 1. The first-order valence-electron chi connectivity index (χ1n) is 6.84. The van der Waals surface area contributed by atoms with Crippen LogP contribution in [0.4, 0.5) is 0 Å². The molecule has 1 aromatic carbocycles. The lowest BCUT2D eigenvalue weighted by atomic mass is 10.1. The van der Waals surface area contributed by atoms with Crippen molar-refractivity contribution in [1.29, 1.82) is 0 Å². The number of benzene rings is 1. The van der Waals surface area contributed by atoms with E-state index in [1.165, 1.54) is 19.3 Å². The van der Waals surface area contributed by atoms with Crippen molar-refractivity contribution in [2.45, 2.75) is 24.2 Å². The number of piperidine rings is 1. The molecule has 110 valence electrons. The van der Waals surface area contributed by atoms with Crippen LogP contribution in [-0.4, -0.2) is 43.7 Å². The maximum Gasteiger partial charge on any atom is 0.179 e. The Balaban J connectivity index is 2.00. The number of thiocarbonyl (C=S) groups is 1. The second-order valence-electron chi connectivity index (χ2n) is 5.11. The molecule has 0 aliphatic carbocycles. The number of hydrogen-bond donors (Lipinski definition) is 1. The molecule has 6 heteroatoms. The topological polar surface area (TPSA) is 63.4 Å². The van der Waals surface area contributed by atoms with Crippen molar-refractivity contribution >= 4 is 27.0 Å². The van der Waals surface area contributed by atoms with E-state index >= 15 is 0 Å². The molecule has 0 saturated carbocycles. The predicted molar refractivity (Wildman–Crippen MR) is 84.7 cm³/mol. The Kier molecular flexibility index (Phi) is 5.12. The fourth-order valence-corrected chi connectivity index (χ4v) is 3.80. The summed E-state index contributed by atoms with van der Waals surface area (Å²) in [6.07, 6.45) is 3.59. The Bertz CT molecular complexity index is 561. The summed E-state index contributed by atoms with van der Waals surface area (Å²) < 4.78 is 24.5. The van der Waals surface area contributed by atoms with Crippen LogP contribution in [0, 0.1) is 0 Å². The first-order valence-corrected chi connectivity index (χ1v) is 8.90. The Morgan fingerprint density at radius 3 is 2.30 bits per heavy atom. The third-order valence-electron chi connectivity index (χ3n) is 3.62. The number of rotatable bonds is 5. The van der Waals surface area contributed by atoms with E-state index in [9.17, 15) is 8.42 Å². The number of nitrogens with two attached hydrogens (primary N) is 1. The van der Waals surface area contributed by atoms with E-state index in [1.54, 1.807) is 24.3 Å². The van der Waals surface area contributed by atoms with E-state index in [0.717, 1.165) is 13.1 Å². The molecule has 0 spiro atoms. The van der Waals surface area contributed by atoms with E-state index in [0.29, 0.717) is 17.0 Å². The zero-order valence-corrected chi connectivity index (χ0v) is 13.0. The van der Waals surface area contributed by atoms with Gasteiger partial charge in [0, 0.05) is 12.1 Å². The average molecular weight is 312 g/mol. The second kappa shape index (κ2) is 6.65. The maximum atomic E-state index is 12.3. The van der Waals surface area contributed by atoms with Crippen LogP contribution in [0.2, 0.25) is 0 Å². The molecule has 1 fully saturated rings. The zero-order valence-electron chi connectivity index (χ0n) is 11.4. The summed E-state index contributed by atoms with van der Waals surface area (Å²) in [4.78, 5) is 2.85. The van der Waals surface area contributed by atoms with Gasteiger partial charge in [-0.15, -0.1) is 0 Å². The van der Waals surface area contributed by atoms with Crippen LogP contribution in [0.5, 0.6) is 0 Å². The highest BCUT2D eigenvalue weighted by molar-refractivity contribution is 7.91. The fraction of sp³-hybridized carbons (Fsp3) is 0.500. The summed E-state index contributed by atoms with van der Waals surface area (Å²) >= 11 is 4.86. The van der Waals surface area contributed by atoms with E-state index in [1.807, 2.05) is 0 Å². The number of hydrogen-bond acceptors (Lipinski definition) is 4. The van der Waals surface area contributed by atoms with Crippen LogP contribution in [0.25, 0.3) is 0 Å². The van der Waals surface area contributed by atoms with E-state index in [2.05, 4.69) is 4.90 Å². The SMILES string of the molecule is NC(=S)c1ccc(S(=O)(=O)CCN2CCCCC2)cc1. The Morgan fingerprint density at radius 2 is 1.75 bits per heavy atom. The summed E-state index contributed by atoms with van der Waals surface area (Å²) in [6, 6.07) is 6.49. The summed E-state index contributed by atoms with van der Waals surface area (Å²) in [5.41, 5.74) is 6.19. The van der Waals surface area contributed by atoms with Crippen molar-refractivity contribution in [2.75, 3.05) is 25.4 Å². The molecule has 2 rings (SSSR count). The van der Waals surface area contributed by atoms with Crippen LogP contribution in [0.3, 0.4) is 0 Å². The third kappa shape index (κ3) is 4.01. The molecule has 0 aromatic heterocycles. The minimum absolute atomic E-state index is 0.166. The molecule has 0 radical (unpaired) electrons. The van der Waals surface area contributed by atoms with Gasteiger partial charge in [0.25, 0.3) is 0 Å². The van der Waals surface area contributed by atoms with Crippen molar-refractivity contribution in [1.82, 2.24) is 4.90 Å². The summed E-state index contributed by atoms with van der Waals surface area (Å²) in [7, 11) is -3.23. The molecule has 2 N–H and O–H groups in total. The quantitative estimate of drug-likeness (QED) is 0.836. The molecule has 1 aliphatic heterocycles. The van der Waals surface area contributed by atoms with Gasteiger partial charge in [0.1, 0.15) is 4.99 Å². The van der Waals surface area contributed by atoms with E-state index in [4.69, 9.17) is 18.0 Å². The molecule has 1 heterocycles. The van der Waals surface area contributed by atoms with Gasteiger partial charge in [-0.1, -0.05) is 30.8 Å². The predicted octanol–water partition coefficient (Wildman–Crippen LogP) is 1.58. The molecule has 0 atom stereocenters. The van der Waals surface area contributed by atoms with Gasteiger partial charge in [-0.05, 0) is 38.1 Å². The lowest BCUT2D eigenvalue weighted by Crippen LogP contribution is -2.33. The van der Waals surface area contributed by atoms with Gasteiger partial charge in [-0.25, -0.2) is 8.42 Å². The molecule has 1 aliphatic rings. The Morgan fingerprint density at radius 1 is 1.15 bits per heavy atom. The average Bonchev–Trinajstić information content (AvgIpc) is 2.46. The highest BCUT2D eigenvalue weighted by atomic mass is 32.2. The van der Waals surface area contributed by atoms with Gasteiger partial charge >= 0.3 is 0 Å². The smallest absolute Gasteiger partial charge is 0.179 e. The minimum atomic E-state index is -3.23. The summed E-state index contributed by atoms with van der Waals surface area (Å²) in [5, 5.41) is 0. The largest absolute Gasteiger partial charge is 0.389 e. The van der Waals surface area contributed by atoms with Crippen LogP contribution in [0.1, 0.15) is 24.8 Å². The highest BCUT2D eigenvalue weighted by Gasteiger charge is 2.17. The lowest BCUT2D eigenvalue weighted by Gasteiger charge is -2.26.